The summed E-state index contributed by atoms with van der Waals surface area (Å²) in [5.41, 5.74) is 1.28. The van der Waals surface area contributed by atoms with E-state index in [2.05, 4.69) is 18.4 Å². The largest absolute Gasteiger partial charge is 0.480 e. The zero-order chi connectivity index (χ0) is 15.7. The number of thiophene rings is 1. The number of carbonyl (C=O) groups is 2. The summed E-state index contributed by atoms with van der Waals surface area (Å²) in [6, 6.07) is 1.78. The average molecular weight is 322 g/mol. The molecular formula is C16H22N2O3S. The predicted molar refractivity (Wildman–Crippen MR) is 85.0 cm³/mol. The summed E-state index contributed by atoms with van der Waals surface area (Å²) in [5.74, 6) is -0.743. The van der Waals surface area contributed by atoms with Crippen molar-refractivity contribution in [2.75, 3.05) is 19.6 Å². The van der Waals surface area contributed by atoms with Gasteiger partial charge in [0.25, 0.3) is 0 Å². The van der Waals surface area contributed by atoms with Gasteiger partial charge in [-0.3, -0.25) is 14.5 Å². The number of hydrogen-bond acceptors (Lipinski definition) is 4. The van der Waals surface area contributed by atoms with Gasteiger partial charge in [-0.2, -0.15) is 0 Å². The minimum absolute atomic E-state index is 0.0665. The molecule has 3 heterocycles. The second-order valence-corrected chi connectivity index (χ2v) is 7.03. The summed E-state index contributed by atoms with van der Waals surface area (Å²) in [5, 5.41) is 11.3. The lowest BCUT2D eigenvalue weighted by Crippen LogP contribution is -2.47. The third-order valence-electron chi connectivity index (χ3n) is 4.79. The van der Waals surface area contributed by atoms with Gasteiger partial charge in [0, 0.05) is 11.4 Å². The molecule has 2 aliphatic heterocycles. The average Bonchev–Trinajstić information content (AvgIpc) is 3.14. The molecule has 5 nitrogen and oxygen atoms in total. The van der Waals surface area contributed by atoms with E-state index in [0.717, 1.165) is 25.8 Å². The van der Waals surface area contributed by atoms with Crippen LogP contribution in [0.3, 0.4) is 0 Å². The zero-order valence-corrected chi connectivity index (χ0v) is 13.6. The van der Waals surface area contributed by atoms with Crippen LogP contribution in [-0.2, 0) is 16.0 Å². The van der Waals surface area contributed by atoms with Gasteiger partial charge in [0.15, 0.2) is 0 Å². The quantitative estimate of drug-likeness (QED) is 0.922. The van der Waals surface area contributed by atoms with Gasteiger partial charge in [0.1, 0.15) is 6.04 Å². The fourth-order valence-corrected chi connectivity index (χ4v) is 4.62. The number of fused-ring (bicyclic) bond motifs is 1. The van der Waals surface area contributed by atoms with Crippen LogP contribution in [0.25, 0.3) is 0 Å². The van der Waals surface area contributed by atoms with Crippen LogP contribution in [-0.4, -0.2) is 52.5 Å². The van der Waals surface area contributed by atoms with Crippen LogP contribution in [0.2, 0.25) is 0 Å². The van der Waals surface area contributed by atoms with E-state index >= 15 is 0 Å². The summed E-state index contributed by atoms with van der Waals surface area (Å²) in [6.45, 7) is 3.79. The monoisotopic (exact) mass is 322 g/mol. The number of amides is 1. The lowest BCUT2D eigenvalue weighted by atomic mass is 9.97. The van der Waals surface area contributed by atoms with Crippen LogP contribution < -0.4 is 0 Å². The maximum absolute atomic E-state index is 12.7. The smallest absolute Gasteiger partial charge is 0.320 e. The second-order valence-electron chi connectivity index (χ2n) is 6.03. The van der Waals surface area contributed by atoms with Crippen molar-refractivity contribution in [1.29, 1.82) is 0 Å². The van der Waals surface area contributed by atoms with Crippen LogP contribution in [0.15, 0.2) is 11.4 Å². The van der Waals surface area contributed by atoms with Crippen molar-refractivity contribution in [3.05, 3.63) is 21.9 Å². The van der Waals surface area contributed by atoms with Crippen LogP contribution in [0.5, 0.6) is 0 Å². The first-order valence-corrected chi connectivity index (χ1v) is 8.82. The van der Waals surface area contributed by atoms with Gasteiger partial charge in [-0.15, -0.1) is 11.3 Å². The summed E-state index contributed by atoms with van der Waals surface area (Å²) >= 11 is 1.77. The fraction of sp³-hybridized carbons (Fsp3) is 0.625. The molecule has 1 aromatic heterocycles. The number of nitrogens with zero attached hydrogens (tertiary/aromatic N) is 2. The van der Waals surface area contributed by atoms with Gasteiger partial charge in [0.2, 0.25) is 5.91 Å². The number of likely N-dealkylation sites (tertiary alicyclic amines) is 1. The molecule has 0 saturated carbocycles. The third kappa shape index (κ3) is 2.77. The highest BCUT2D eigenvalue weighted by Crippen LogP contribution is 2.35. The molecule has 0 unspecified atom stereocenters. The highest BCUT2D eigenvalue weighted by atomic mass is 32.1. The molecule has 3 rings (SSSR count). The SMILES string of the molecule is CC[C@H]1c2ccsc2CCN1C(=O)CN1CCC[C@@H]1C(=O)O. The molecule has 0 bridgehead atoms. The van der Waals surface area contributed by atoms with Crippen LogP contribution in [0, 0.1) is 0 Å². The van der Waals surface area contributed by atoms with Crippen molar-refractivity contribution < 1.29 is 14.7 Å². The molecule has 0 aromatic carbocycles. The predicted octanol–water partition coefficient (Wildman–Crippen LogP) is 2.13. The molecule has 1 fully saturated rings. The second kappa shape index (κ2) is 6.38. The third-order valence-corrected chi connectivity index (χ3v) is 5.79. The lowest BCUT2D eigenvalue weighted by molar-refractivity contribution is -0.144. The maximum atomic E-state index is 12.7. The van der Waals surface area contributed by atoms with Gasteiger partial charge < -0.3 is 10.0 Å². The lowest BCUT2D eigenvalue weighted by Gasteiger charge is -2.36. The van der Waals surface area contributed by atoms with Crippen LogP contribution >= 0.6 is 11.3 Å². The molecule has 120 valence electrons. The Morgan fingerprint density at radius 2 is 2.23 bits per heavy atom. The molecule has 0 spiro atoms. The number of carbonyl (C=O) groups excluding carboxylic acids is 1. The molecule has 1 N–H and O–H groups in total. The van der Waals surface area contributed by atoms with Gasteiger partial charge in [-0.1, -0.05) is 6.92 Å². The molecule has 0 aliphatic carbocycles. The van der Waals surface area contributed by atoms with E-state index in [9.17, 15) is 14.7 Å². The van der Waals surface area contributed by atoms with Gasteiger partial charge >= 0.3 is 5.97 Å². The van der Waals surface area contributed by atoms with E-state index in [-0.39, 0.29) is 18.5 Å². The summed E-state index contributed by atoms with van der Waals surface area (Å²) < 4.78 is 0. The standard InChI is InChI=1S/C16H22N2O3S/c1-2-12-11-6-9-22-14(11)5-8-18(12)15(19)10-17-7-3-4-13(17)16(20)21/h6,9,12-13H,2-5,7-8,10H2,1H3,(H,20,21)/t12-,13+/m0/s1. The number of carboxylic acids is 1. The molecule has 2 atom stereocenters. The van der Waals surface area contributed by atoms with Gasteiger partial charge in [-0.25, -0.2) is 0 Å². The van der Waals surface area contributed by atoms with Crippen molar-refractivity contribution in [2.24, 2.45) is 0 Å². The van der Waals surface area contributed by atoms with E-state index in [4.69, 9.17) is 0 Å². The number of hydrogen-bond donors (Lipinski definition) is 1. The first-order chi connectivity index (χ1) is 10.6. The Morgan fingerprint density at radius 1 is 1.41 bits per heavy atom. The van der Waals surface area contributed by atoms with Crippen molar-refractivity contribution >= 4 is 23.2 Å². The van der Waals surface area contributed by atoms with E-state index in [0.29, 0.717) is 13.0 Å². The van der Waals surface area contributed by atoms with Crippen LogP contribution in [0.4, 0.5) is 0 Å². The van der Waals surface area contributed by atoms with E-state index in [1.807, 2.05) is 9.80 Å². The Hall–Kier alpha value is -1.40. The fourth-order valence-electron chi connectivity index (χ4n) is 3.69. The van der Waals surface area contributed by atoms with Crippen molar-refractivity contribution in [1.82, 2.24) is 9.80 Å². The molecule has 2 aliphatic rings. The molecular weight excluding hydrogens is 300 g/mol. The van der Waals surface area contributed by atoms with Gasteiger partial charge in [0.05, 0.1) is 12.6 Å². The molecule has 0 radical (unpaired) electrons. The van der Waals surface area contributed by atoms with Crippen LogP contribution in [0.1, 0.15) is 42.7 Å². The minimum Gasteiger partial charge on any atom is -0.480 e. The highest BCUT2D eigenvalue weighted by molar-refractivity contribution is 7.10. The molecule has 22 heavy (non-hydrogen) atoms. The molecule has 1 aromatic rings. The van der Waals surface area contributed by atoms with Crippen molar-refractivity contribution in [2.45, 2.75) is 44.7 Å². The van der Waals surface area contributed by atoms with Gasteiger partial charge in [-0.05, 0) is 49.2 Å². The zero-order valence-electron chi connectivity index (χ0n) is 12.8. The first kappa shape index (κ1) is 15.5. The Kier molecular flexibility index (Phi) is 4.49. The Morgan fingerprint density at radius 3 is 2.95 bits per heavy atom. The maximum Gasteiger partial charge on any atom is 0.320 e. The Bertz CT molecular complexity index is 571. The normalized spacial score (nSPS) is 25.2. The number of carboxylic acid groups (broad SMARTS) is 1. The Balaban J connectivity index is 1.71. The number of rotatable bonds is 4. The van der Waals surface area contributed by atoms with Crippen molar-refractivity contribution in [3.8, 4) is 0 Å². The highest BCUT2D eigenvalue weighted by Gasteiger charge is 2.35. The molecule has 6 heteroatoms. The number of aliphatic carboxylic acids is 1. The minimum atomic E-state index is -0.809. The van der Waals surface area contributed by atoms with Crippen molar-refractivity contribution in [3.63, 3.8) is 0 Å². The summed E-state index contributed by atoms with van der Waals surface area (Å²) in [7, 11) is 0. The van der Waals surface area contributed by atoms with E-state index in [1.165, 1.54) is 10.4 Å². The Labute approximate surface area is 134 Å². The molecule has 1 saturated heterocycles. The topological polar surface area (TPSA) is 60.9 Å². The summed E-state index contributed by atoms with van der Waals surface area (Å²) in [4.78, 5) is 29.1. The first-order valence-electron chi connectivity index (χ1n) is 7.94. The van der Waals surface area contributed by atoms with E-state index in [1.54, 1.807) is 11.3 Å². The summed E-state index contributed by atoms with van der Waals surface area (Å²) in [6.07, 6.45) is 3.32. The molecule has 1 amide bonds. The van der Waals surface area contributed by atoms with E-state index < -0.39 is 12.0 Å².